The lowest BCUT2D eigenvalue weighted by atomic mass is 10.1. The number of phenols is 2. The van der Waals surface area contributed by atoms with Crippen LogP contribution in [0.1, 0.15) is 48.9 Å². The van der Waals surface area contributed by atoms with E-state index in [0.717, 1.165) is 28.5 Å². The van der Waals surface area contributed by atoms with Crippen molar-refractivity contribution < 1.29 is 24.2 Å². The van der Waals surface area contributed by atoms with Gasteiger partial charge in [0, 0.05) is 26.2 Å². The zero-order valence-electron chi connectivity index (χ0n) is 17.7. The van der Waals surface area contributed by atoms with Gasteiger partial charge in [-0.15, -0.1) is 0 Å². The standard InChI is InChI=1S/C24H24N2O5/c1-14-4-6-16-11-26(12-17(16)8-14)24(30)20-9-19(21(27)10-22(20)28)23(29)25(3)13-18-7-5-15(2)31-18/h4-10,27-28H,11-13H2,1-3H3. The first-order valence-electron chi connectivity index (χ1n) is 9.97. The van der Waals surface area contributed by atoms with Crippen molar-refractivity contribution in [3.05, 3.63) is 81.8 Å². The number of furan rings is 1. The van der Waals surface area contributed by atoms with Crippen LogP contribution in [0, 0.1) is 13.8 Å². The smallest absolute Gasteiger partial charge is 0.258 e. The van der Waals surface area contributed by atoms with Crippen LogP contribution in [-0.2, 0) is 19.6 Å². The number of nitrogens with zero attached hydrogens (tertiary/aromatic N) is 2. The van der Waals surface area contributed by atoms with Crippen molar-refractivity contribution in [1.82, 2.24) is 9.80 Å². The number of rotatable bonds is 4. The molecule has 2 amide bonds. The summed E-state index contributed by atoms with van der Waals surface area (Å²) in [5.41, 5.74) is 3.16. The second kappa shape index (κ2) is 7.83. The fraction of sp³-hybridized carbons (Fsp3) is 0.250. The Balaban J connectivity index is 1.57. The molecular weight excluding hydrogens is 396 g/mol. The van der Waals surface area contributed by atoms with E-state index in [0.29, 0.717) is 18.8 Å². The summed E-state index contributed by atoms with van der Waals surface area (Å²) >= 11 is 0. The van der Waals surface area contributed by atoms with E-state index in [9.17, 15) is 19.8 Å². The Morgan fingerprint density at radius 1 is 0.968 bits per heavy atom. The number of hydrogen-bond acceptors (Lipinski definition) is 5. The lowest BCUT2D eigenvalue weighted by Crippen LogP contribution is -2.28. The van der Waals surface area contributed by atoms with E-state index >= 15 is 0 Å². The van der Waals surface area contributed by atoms with Crippen LogP contribution in [0.3, 0.4) is 0 Å². The number of benzene rings is 2. The Labute approximate surface area is 180 Å². The highest BCUT2D eigenvalue weighted by atomic mass is 16.3. The van der Waals surface area contributed by atoms with Crippen LogP contribution in [-0.4, -0.2) is 38.9 Å². The van der Waals surface area contributed by atoms with Gasteiger partial charge in [-0.3, -0.25) is 9.59 Å². The Kier molecular flexibility index (Phi) is 5.19. The molecule has 0 saturated carbocycles. The van der Waals surface area contributed by atoms with E-state index in [-0.39, 0.29) is 29.2 Å². The molecule has 3 aromatic rings. The lowest BCUT2D eigenvalue weighted by Gasteiger charge is -2.19. The van der Waals surface area contributed by atoms with E-state index in [4.69, 9.17) is 4.42 Å². The minimum Gasteiger partial charge on any atom is -0.507 e. The molecule has 1 aromatic heterocycles. The Bertz CT molecular complexity index is 1180. The van der Waals surface area contributed by atoms with Gasteiger partial charge in [-0.25, -0.2) is 0 Å². The molecule has 160 valence electrons. The van der Waals surface area contributed by atoms with Gasteiger partial charge < -0.3 is 24.4 Å². The zero-order valence-corrected chi connectivity index (χ0v) is 17.7. The van der Waals surface area contributed by atoms with E-state index in [1.807, 2.05) is 32.0 Å². The average Bonchev–Trinajstić information content (AvgIpc) is 3.32. The minimum atomic E-state index is -0.485. The summed E-state index contributed by atoms with van der Waals surface area (Å²) in [6.07, 6.45) is 0. The van der Waals surface area contributed by atoms with Crippen molar-refractivity contribution in [1.29, 1.82) is 0 Å². The van der Waals surface area contributed by atoms with E-state index in [1.165, 1.54) is 11.0 Å². The number of phenolic OH excluding ortho intramolecular Hbond substituents is 2. The molecule has 1 aliphatic heterocycles. The number of hydrogen-bond donors (Lipinski definition) is 2. The van der Waals surface area contributed by atoms with Crippen LogP contribution in [0.4, 0.5) is 0 Å². The number of fused-ring (bicyclic) bond motifs is 1. The van der Waals surface area contributed by atoms with Crippen LogP contribution in [0.25, 0.3) is 0 Å². The topological polar surface area (TPSA) is 94.2 Å². The lowest BCUT2D eigenvalue weighted by molar-refractivity contribution is 0.0748. The molecule has 0 unspecified atom stereocenters. The highest BCUT2D eigenvalue weighted by Crippen LogP contribution is 2.32. The first-order chi connectivity index (χ1) is 14.7. The predicted octanol–water partition coefficient (Wildman–Crippen LogP) is 3.74. The highest BCUT2D eigenvalue weighted by molar-refractivity contribution is 6.03. The SMILES string of the molecule is Cc1ccc2c(c1)CN(C(=O)c1cc(C(=O)N(C)Cc3ccc(C)o3)c(O)cc1O)C2. The van der Waals surface area contributed by atoms with Crippen molar-refractivity contribution >= 4 is 11.8 Å². The van der Waals surface area contributed by atoms with Gasteiger partial charge in [0.25, 0.3) is 11.8 Å². The molecular formula is C24H24N2O5. The molecule has 2 heterocycles. The highest BCUT2D eigenvalue weighted by Gasteiger charge is 2.28. The van der Waals surface area contributed by atoms with Crippen molar-refractivity contribution in [2.24, 2.45) is 0 Å². The first kappa shape index (κ1) is 20.5. The van der Waals surface area contributed by atoms with Crippen molar-refractivity contribution in [2.75, 3.05) is 7.05 Å². The van der Waals surface area contributed by atoms with Crippen LogP contribution in [0.2, 0.25) is 0 Å². The molecule has 2 aromatic carbocycles. The molecule has 0 aliphatic carbocycles. The summed E-state index contributed by atoms with van der Waals surface area (Å²) in [6, 6.07) is 11.9. The largest absolute Gasteiger partial charge is 0.507 e. The summed E-state index contributed by atoms with van der Waals surface area (Å²) in [6.45, 7) is 4.87. The molecule has 31 heavy (non-hydrogen) atoms. The number of amides is 2. The molecule has 0 bridgehead atoms. The first-order valence-corrected chi connectivity index (χ1v) is 9.97. The summed E-state index contributed by atoms with van der Waals surface area (Å²) in [5, 5.41) is 20.6. The Hall–Kier alpha value is -3.74. The van der Waals surface area contributed by atoms with Gasteiger partial charge >= 0.3 is 0 Å². The molecule has 7 heteroatoms. The number of carbonyl (C=O) groups is 2. The summed E-state index contributed by atoms with van der Waals surface area (Å²) in [7, 11) is 1.58. The molecule has 0 fully saturated rings. The Morgan fingerprint density at radius 2 is 1.68 bits per heavy atom. The second-order valence-electron chi connectivity index (χ2n) is 7.99. The normalized spacial score (nSPS) is 12.7. The maximum absolute atomic E-state index is 13.1. The van der Waals surface area contributed by atoms with Crippen LogP contribution in [0.15, 0.2) is 46.9 Å². The van der Waals surface area contributed by atoms with Gasteiger partial charge in [0.2, 0.25) is 0 Å². The van der Waals surface area contributed by atoms with Gasteiger partial charge in [-0.05, 0) is 43.2 Å². The van der Waals surface area contributed by atoms with Gasteiger partial charge in [0.15, 0.2) is 0 Å². The minimum absolute atomic E-state index is 0.0204. The van der Waals surface area contributed by atoms with Crippen LogP contribution in [0.5, 0.6) is 11.5 Å². The van der Waals surface area contributed by atoms with Crippen LogP contribution >= 0.6 is 0 Å². The number of aryl methyl sites for hydroxylation is 2. The third kappa shape index (κ3) is 3.99. The van der Waals surface area contributed by atoms with Gasteiger partial charge in [0.05, 0.1) is 17.7 Å². The molecule has 4 rings (SSSR count). The van der Waals surface area contributed by atoms with Gasteiger partial charge in [-0.1, -0.05) is 23.8 Å². The molecule has 7 nitrogen and oxygen atoms in total. The van der Waals surface area contributed by atoms with Crippen molar-refractivity contribution in [3.63, 3.8) is 0 Å². The van der Waals surface area contributed by atoms with Gasteiger partial charge in [-0.2, -0.15) is 0 Å². The van der Waals surface area contributed by atoms with Crippen molar-refractivity contribution in [3.8, 4) is 11.5 Å². The van der Waals surface area contributed by atoms with E-state index < -0.39 is 11.8 Å². The average molecular weight is 420 g/mol. The molecule has 2 N–H and O–H groups in total. The Morgan fingerprint density at radius 3 is 2.39 bits per heavy atom. The molecule has 0 radical (unpaired) electrons. The third-order valence-electron chi connectivity index (χ3n) is 5.48. The van der Waals surface area contributed by atoms with E-state index in [1.54, 1.807) is 24.1 Å². The monoisotopic (exact) mass is 420 g/mol. The van der Waals surface area contributed by atoms with Crippen LogP contribution < -0.4 is 0 Å². The number of aromatic hydroxyl groups is 2. The molecule has 0 saturated heterocycles. The maximum Gasteiger partial charge on any atom is 0.258 e. The fourth-order valence-corrected chi connectivity index (χ4v) is 3.84. The molecule has 0 atom stereocenters. The quantitative estimate of drug-likeness (QED) is 0.671. The second-order valence-corrected chi connectivity index (χ2v) is 7.99. The fourth-order valence-electron chi connectivity index (χ4n) is 3.84. The summed E-state index contributed by atoms with van der Waals surface area (Å²) in [5.74, 6) is -0.297. The maximum atomic E-state index is 13.1. The number of carbonyl (C=O) groups excluding carboxylic acids is 2. The molecule has 1 aliphatic rings. The van der Waals surface area contributed by atoms with Crippen molar-refractivity contribution in [2.45, 2.75) is 33.5 Å². The predicted molar refractivity (Wildman–Crippen MR) is 114 cm³/mol. The third-order valence-corrected chi connectivity index (χ3v) is 5.48. The summed E-state index contributed by atoms with van der Waals surface area (Å²) in [4.78, 5) is 29.0. The van der Waals surface area contributed by atoms with E-state index in [2.05, 4.69) is 0 Å². The van der Waals surface area contributed by atoms with Gasteiger partial charge in [0.1, 0.15) is 23.0 Å². The molecule has 0 spiro atoms. The summed E-state index contributed by atoms with van der Waals surface area (Å²) < 4.78 is 5.50. The zero-order chi connectivity index (χ0) is 22.3.